The van der Waals surface area contributed by atoms with Gasteiger partial charge >= 0.3 is 0 Å². The first kappa shape index (κ1) is 18.6. The second-order valence-electron chi connectivity index (χ2n) is 8.16. The maximum absolute atomic E-state index is 12.8. The molecule has 4 rings (SSSR count). The van der Waals surface area contributed by atoms with E-state index in [-0.39, 0.29) is 5.91 Å². The molecule has 2 aliphatic heterocycles. The molecule has 0 aliphatic carbocycles. The Morgan fingerprint density at radius 3 is 2.63 bits per heavy atom. The number of aromatic nitrogens is 2. The van der Waals surface area contributed by atoms with Crippen LogP contribution in [0.15, 0.2) is 29.6 Å². The van der Waals surface area contributed by atoms with Crippen molar-refractivity contribution in [3.05, 3.63) is 46.5 Å². The van der Waals surface area contributed by atoms with E-state index >= 15 is 0 Å². The van der Waals surface area contributed by atoms with Crippen LogP contribution in [0.5, 0.6) is 0 Å². The molecule has 144 valence electrons. The number of nitrogens with zero attached hydrogens (tertiary/aromatic N) is 4. The van der Waals surface area contributed by atoms with Crippen molar-refractivity contribution in [2.24, 2.45) is 5.92 Å². The molecule has 0 N–H and O–H groups in total. The zero-order valence-corrected chi connectivity index (χ0v) is 17.0. The molecule has 27 heavy (non-hydrogen) atoms. The Hall–Kier alpha value is -1.79. The lowest BCUT2D eigenvalue weighted by Crippen LogP contribution is -2.43. The maximum atomic E-state index is 12.8. The number of amides is 1. The molecule has 2 fully saturated rings. The summed E-state index contributed by atoms with van der Waals surface area (Å²) in [4.78, 5) is 17.2. The van der Waals surface area contributed by atoms with E-state index in [1.807, 2.05) is 0 Å². The van der Waals surface area contributed by atoms with Crippen LogP contribution in [0, 0.1) is 12.8 Å². The van der Waals surface area contributed by atoms with Crippen molar-refractivity contribution < 1.29 is 4.79 Å². The molecule has 5 nitrogen and oxygen atoms in total. The van der Waals surface area contributed by atoms with Crippen LogP contribution in [0.4, 0.5) is 0 Å². The SMILES string of the molecule is Cc1ccccc1[C@@H]1CN(CC(=O)N2CCC(C)CC2)C[C@H]1c1csnn1. The van der Waals surface area contributed by atoms with Crippen molar-refractivity contribution in [2.45, 2.75) is 38.5 Å². The minimum Gasteiger partial charge on any atom is -0.342 e. The lowest BCUT2D eigenvalue weighted by molar-refractivity contribution is -0.133. The van der Waals surface area contributed by atoms with Gasteiger partial charge in [0.1, 0.15) is 0 Å². The van der Waals surface area contributed by atoms with Crippen LogP contribution >= 0.6 is 11.5 Å². The van der Waals surface area contributed by atoms with Crippen LogP contribution in [-0.2, 0) is 4.79 Å². The fourth-order valence-corrected chi connectivity index (χ4v) is 5.03. The van der Waals surface area contributed by atoms with Gasteiger partial charge < -0.3 is 4.90 Å². The second-order valence-corrected chi connectivity index (χ2v) is 8.77. The van der Waals surface area contributed by atoms with E-state index in [9.17, 15) is 4.79 Å². The Bertz CT molecular complexity index is 770. The van der Waals surface area contributed by atoms with Gasteiger partial charge in [-0.3, -0.25) is 9.69 Å². The largest absolute Gasteiger partial charge is 0.342 e. The molecule has 1 aromatic carbocycles. The van der Waals surface area contributed by atoms with Gasteiger partial charge in [-0.2, -0.15) is 0 Å². The first-order valence-electron chi connectivity index (χ1n) is 9.94. The molecule has 0 unspecified atom stereocenters. The molecular weight excluding hydrogens is 356 g/mol. The monoisotopic (exact) mass is 384 g/mol. The van der Waals surface area contributed by atoms with Crippen molar-refractivity contribution in [1.82, 2.24) is 19.4 Å². The average molecular weight is 385 g/mol. The van der Waals surface area contributed by atoms with Crippen molar-refractivity contribution in [3.8, 4) is 0 Å². The van der Waals surface area contributed by atoms with Gasteiger partial charge in [0.25, 0.3) is 0 Å². The number of benzene rings is 1. The lowest BCUT2D eigenvalue weighted by Gasteiger charge is -2.31. The van der Waals surface area contributed by atoms with Gasteiger partial charge in [-0.15, -0.1) is 5.10 Å². The summed E-state index contributed by atoms with van der Waals surface area (Å²) < 4.78 is 4.08. The second kappa shape index (κ2) is 8.07. The molecule has 2 aliphatic rings. The van der Waals surface area contributed by atoms with Crippen LogP contribution in [0.3, 0.4) is 0 Å². The fourth-order valence-electron chi connectivity index (χ4n) is 4.51. The highest BCUT2D eigenvalue weighted by Gasteiger charge is 2.38. The molecule has 2 saturated heterocycles. The van der Waals surface area contributed by atoms with E-state index in [2.05, 4.69) is 62.9 Å². The van der Waals surface area contributed by atoms with E-state index in [1.165, 1.54) is 22.7 Å². The number of aryl methyl sites for hydroxylation is 1. The summed E-state index contributed by atoms with van der Waals surface area (Å²) in [6.45, 7) is 8.58. The number of carbonyl (C=O) groups is 1. The number of carbonyl (C=O) groups excluding carboxylic acids is 1. The lowest BCUT2D eigenvalue weighted by atomic mass is 9.85. The topological polar surface area (TPSA) is 49.3 Å². The van der Waals surface area contributed by atoms with Crippen molar-refractivity contribution >= 4 is 17.4 Å². The van der Waals surface area contributed by atoms with E-state index in [4.69, 9.17) is 0 Å². The summed E-state index contributed by atoms with van der Waals surface area (Å²) in [7, 11) is 0. The van der Waals surface area contributed by atoms with Crippen LogP contribution in [-0.4, -0.2) is 58.0 Å². The molecule has 1 aromatic heterocycles. The average Bonchev–Trinajstić information content (AvgIpc) is 3.32. The van der Waals surface area contributed by atoms with Crippen molar-refractivity contribution in [3.63, 3.8) is 0 Å². The van der Waals surface area contributed by atoms with Crippen molar-refractivity contribution in [1.29, 1.82) is 0 Å². The van der Waals surface area contributed by atoms with Gasteiger partial charge in [-0.1, -0.05) is 35.7 Å². The molecule has 3 heterocycles. The van der Waals surface area contributed by atoms with E-state index in [0.29, 0.717) is 18.4 Å². The highest BCUT2D eigenvalue weighted by molar-refractivity contribution is 7.03. The van der Waals surface area contributed by atoms with E-state index in [0.717, 1.165) is 50.6 Å². The minimum atomic E-state index is 0.280. The van der Waals surface area contributed by atoms with Gasteiger partial charge in [0.05, 0.1) is 12.2 Å². The smallest absolute Gasteiger partial charge is 0.236 e. The molecule has 2 atom stereocenters. The fraction of sp³-hybridized carbons (Fsp3) is 0.571. The minimum absolute atomic E-state index is 0.280. The molecule has 2 aromatic rings. The highest BCUT2D eigenvalue weighted by atomic mass is 32.1. The molecular formula is C21H28N4OS. The zero-order chi connectivity index (χ0) is 18.8. The quantitative estimate of drug-likeness (QED) is 0.812. The summed E-state index contributed by atoms with van der Waals surface area (Å²) in [5, 5.41) is 6.42. The first-order chi connectivity index (χ1) is 13.1. The van der Waals surface area contributed by atoms with Crippen LogP contribution in [0.1, 0.15) is 48.4 Å². The molecule has 0 radical (unpaired) electrons. The number of piperidine rings is 1. The summed E-state index contributed by atoms with van der Waals surface area (Å²) in [5.41, 5.74) is 3.75. The number of likely N-dealkylation sites (tertiary alicyclic amines) is 2. The van der Waals surface area contributed by atoms with Crippen molar-refractivity contribution in [2.75, 3.05) is 32.7 Å². The Balaban J connectivity index is 1.49. The van der Waals surface area contributed by atoms with Gasteiger partial charge in [0.15, 0.2) is 0 Å². The molecule has 0 bridgehead atoms. The molecule has 1 amide bonds. The number of hydrogen-bond donors (Lipinski definition) is 0. The first-order valence-corrected chi connectivity index (χ1v) is 10.8. The highest BCUT2D eigenvalue weighted by Crippen LogP contribution is 2.40. The summed E-state index contributed by atoms with van der Waals surface area (Å²) >= 11 is 1.41. The van der Waals surface area contributed by atoms with Gasteiger partial charge in [-0.05, 0) is 48.3 Å². The Kier molecular flexibility index (Phi) is 5.55. The normalized spacial score (nSPS) is 24.4. The van der Waals surface area contributed by atoms with Gasteiger partial charge in [0.2, 0.25) is 5.91 Å². The Morgan fingerprint density at radius 2 is 1.93 bits per heavy atom. The number of hydrogen-bond acceptors (Lipinski definition) is 5. The van der Waals surface area contributed by atoms with Gasteiger partial charge in [-0.25, -0.2) is 0 Å². The zero-order valence-electron chi connectivity index (χ0n) is 16.2. The van der Waals surface area contributed by atoms with Crippen LogP contribution < -0.4 is 0 Å². The third-order valence-corrected chi connectivity index (χ3v) is 6.76. The summed E-state index contributed by atoms with van der Waals surface area (Å²) in [5.74, 6) is 1.69. The van der Waals surface area contributed by atoms with Crippen LogP contribution in [0.2, 0.25) is 0 Å². The Morgan fingerprint density at radius 1 is 1.19 bits per heavy atom. The standard InChI is InChI=1S/C21H28N4OS/c1-15-7-9-25(10-8-15)21(26)13-24-11-18(17-6-4-3-5-16(17)2)19(12-24)20-14-27-23-22-20/h3-6,14-15,18-19H,7-13H2,1-2H3/t18-,19+/m0/s1. The van der Waals surface area contributed by atoms with Gasteiger partial charge in [0, 0.05) is 43.4 Å². The van der Waals surface area contributed by atoms with E-state index in [1.54, 1.807) is 0 Å². The maximum Gasteiger partial charge on any atom is 0.236 e. The van der Waals surface area contributed by atoms with E-state index < -0.39 is 0 Å². The Labute approximate surface area is 165 Å². The predicted octanol–water partition coefficient (Wildman–Crippen LogP) is 3.29. The third kappa shape index (κ3) is 4.06. The predicted molar refractivity (Wildman–Crippen MR) is 108 cm³/mol. The summed E-state index contributed by atoms with van der Waals surface area (Å²) in [6.07, 6.45) is 2.26. The molecule has 6 heteroatoms. The molecule has 0 saturated carbocycles. The van der Waals surface area contributed by atoms with Crippen LogP contribution in [0.25, 0.3) is 0 Å². The summed E-state index contributed by atoms with van der Waals surface area (Å²) in [6, 6.07) is 8.60. The third-order valence-electron chi connectivity index (χ3n) is 6.24. The number of rotatable bonds is 4. The molecule has 0 spiro atoms.